The molecule has 0 saturated heterocycles. The van der Waals surface area contributed by atoms with E-state index in [0.29, 0.717) is 5.01 Å². The van der Waals surface area contributed by atoms with E-state index in [1.807, 2.05) is 0 Å². The van der Waals surface area contributed by atoms with Gasteiger partial charge in [-0.3, -0.25) is 4.79 Å². The van der Waals surface area contributed by atoms with E-state index in [1.54, 1.807) is 12.3 Å². The molecule has 0 aliphatic carbocycles. The molecule has 0 amide bonds. The maximum absolute atomic E-state index is 11.6. The Morgan fingerprint density at radius 2 is 2.25 bits per heavy atom. The average molecular weight is 263 g/mol. The number of hydrogen-bond donors (Lipinski definition) is 1. The first-order chi connectivity index (χ1) is 7.30. The van der Waals surface area contributed by atoms with Crippen LogP contribution < -0.4 is 0 Å². The molecule has 1 unspecified atom stereocenters. The first-order valence-electron chi connectivity index (χ1n) is 4.64. The summed E-state index contributed by atoms with van der Waals surface area (Å²) in [6.45, 7) is 3.17. The van der Waals surface area contributed by atoms with Gasteiger partial charge in [0, 0.05) is 11.1 Å². The van der Waals surface area contributed by atoms with Crippen molar-refractivity contribution in [2.24, 2.45) is 5.92 Å². The van der Waals surface area contributed by atoms with E-state index in [4.69, 9.17) is 5.11 Å². The topological polar surface area (TPSA) is 84.3 Å². The van der Waals surface area contributed by atoms with Gasteiger partial charge in [0.1, 0.15) is 10.8 Å². The lowest BCUT2D eigenvalue weighted by molar-refractivity contribution is -0.140. The third-order valence-corrected chi connectivity index (χ3v) is 4.81. The van der Waals surface area contributed by atoms with Gasteiger partial charge in [0.15, 0.2) is 9.84 Å². The smallest absolute Gasteiger partial charge is 0.307 e. The zero-order valence-electron chi connectivity index (χ0n) is 9.00. The van der Waals surface area contributed by atoms with Gasteiger partial charge >= 0.3 is 5.97 Å². The summed E-state index contributed by atoms with van der Waals surface area (Å²) in [5.41, 5.74) is 0.779. The van der Waals surface area contributed by atoms with E-state index in [1.165, 1.54) is 18.3 Å². The molecule has 1 aromatic rings. The van der Waals surface area contributed by atoms with Crippen LogP contribution in [0.3, 0.4) is 0 Å². The first kappa shape index (κ1) is 13.1. The van der Waals surface area contributed by atoms with Gasteiger partial charge in [-0.1, -0.05) is 6.92 Å². The molecule has 0 spiro atoms. The van der Waals surface area contributed by atoms with Crippen molar-refractivity contribution in [1.29, 1.82) is 0 Å². The van der Waals surface area contributed by atoms with Gasteiger partial charge in [0.25, 0.3) is 0 Å². The van der Waals surface area contributed by atoms with Crippen LogP contribution in [-0.2, 0) is 20.4 Å². The number of hydrogen-bond acceptors (Lipinski definition) is 5. The van der Waals surface area contributed by atoms with Gasteiger partial charge in [0.05, 0.1) is 11.7 Å². The number of carboxylic acids is 1. The maximum atomic E-state index is 11.6. The Balaban J connectivity index is 2.69. The van der Waals surface area contributed by atoms with Crippen LogP contribution in [-0.4, -0.2) is 30.2 Å². The fourth-order valence-corrected chi connectivity index (χ4v) is 4.00. The van der Waals surface area contributed by atoms with Crippen molar-refractivity contribution in [3.05, 3.63) is 16.1 Å². The van der Waals surface area contributed by atoms with E-state index in [0.717, 1.165) is 5.69 Å². The van der Waals surface area contributed by atoms with Crippen LogP contribution in [0.2, 0.25) is 0 Å². The van der Waals surface area contributed by atoms with E-state index in [-0.39, 0.29) is 11.5 Å². The third kappa shape index (κ3) is 3.90. The predicted molar refractivity (Wildman–Crippen MR) is 61.1 cm³/mol. The normalized spacial score (nSPS) is 13.6. The molecule has 0 fully saturated rings. The van der Waals surface area contributed by atoms with Crippen LogP contribution in [0.25, 0.3) is 0 Å². The zero-order valence-corrected chi connectivity index (χ0v) is 10.6. The third-order valence-electron chi connectivity index (χ3n) is 1.94. The number of thiazole rings is 1. The number of aryl methyl sites for hydroxylation is 1. The molecule has 1 N–H and O–H groups in total. The molecular formula is C9H13NO4S2. The molecule has 5 nitrogen and oxygen atoms in total. The molecule has 16 heavy (non-hydrogen) atoms. The highest BCUT2D eigenvalue weighted by Gasteiger charge is 2.22. The second kappa shape index (κ2) is 4.92. The summed E-state index contributed by atoms with van der Waals surface area (Å²) in [7, 11) is -3.40. The maximum Gasteiger partial charge on any atom is 0.307 e. The molecule has 0 aliphatic rings. The number of carboxylic acid groups (broad SMARTS) is 1. The Bertz CT molecular complexity index is 477. The Morgan fingerprint density at radius 3 is 2.69 bits per heavy atom. The molecule has 0 aromatic carbocycles. The predicted octanol–water partition coefficient (Wildman–Crippen LogP) is 1.09. The lowest BCUT2D eigenvalue weighted by Gasteiger charge is -2.05. The van der Waals surface area contributed by atoms with E-state index < -0.39 is 21.7 Å². The second-order valence-corrected chi connectivity index (χ2v) is 6.73. The minimum atomic E-state index is -3.40. The minimum Gasteiger partial charge on any atom is -0.481 e. The average Bonchev–Trinajstić information content (AvgIpc) is 2.48. The monoisotopic (exact) mass is 263 g/mol. The molecule has 0 saturated carbocycles. The van der Waals surface area contributed by atoms with Crippen molar-refractivity contribution in [3.8, 4) is 0 Å². The van der Waals surface area contributed by atoms with Crippen molar-refractivity contribution < 1.29 is 18.3 Å². The Morgan fingerprint density at radius 1 is 1.62 bits per heavy atom. The molecule has 0 bridgehead atoms. The Kier molecular flexibility index (Phi) is 4.03. The highest BCUT2D eigenvalue weighted by Crippen LogP contribution is 2.14. The summed E-state index contributed by atoms with van der Waals surface area (Å²) in [5, 5.41) is 10.9. The zero-order chi connectivity index (χ0) is 12.3. The minimum absolute atomic E-state index is 0.177. The molecule has 1 heterocycles. The van der Waals surface area contributed by atoms with Crippen LogP contribution in [0.15, 0.2) is 5.38 Å². The summed E-state index contributed by atoms with van der Waals surface area (Å²) in [4.78, 5) is 14.6. The van der Waals surface area contributed by atoms with E-state index >= 15 is 0 Å². The van der Waals surface area contributed by atoms with Crippen LogP contribution >= 0.6 is 11.3 Å². The van der Waals surface area contributed by atoms with Gasteiger partial charge in [-0.25, -0.2) is 13.4 Å². The number of aromatic nitrogens is 1. The SMILES string of the molecule is Cc1csc(CS(=O)(=O)CC(C)C(=O)O)n1. The molecular weight excluding hydrogens is 250 g/mol. The summed E-state index contributed by atoms with van der Waals surface area (Å²) in [5.74, 6) is -2.51. The van der Waals surface area contributed by atoms with Crippen LogP contribution in [0.5, 0.6) is 0 Å². The van der Waals surface area contributed by atoms with Crippen molar-refractivity contribution in [2.75, 3.05) is 5.75 Å². The van der Waals surface area contributed by atoms with Crippen molar-refractivity contribution in [3.63, 3.8) is 0 Å². The Labute approximate surface area is 98.1 Å². The van der Waals surface area contributed by atoms with Gasteiger partial charge < -0.3 is 5.11 Å². The van der Waals surface area contributed by atoms with Crippen LogP contribution in [0.4, 0.5) is 0 Å². The molecule has 1 aromatic heterocycles. The van der Waals surface area contributed by atoms with Gasteiger partial charge in [0.2, 0.25) is 0 Å². The lowest BCUT2D eigenvalue weighted by atomic mass is 10.2. The highest BCUT2D eigenvalue weighted by molar-refractivity contribution is 7.90. The van der Waals surface area contributed by atoms with Crippen molar-refractivity contribution in [2.45, 2.75) is 19.6 Å². The summed E-state index contributed by atoms with van der Waals surface area (Å²) in [6, 6.07) is 0. The van der Waals surface area contributed by atoms with Crippen LogP contribution in [0.1, 0.15) is 17.6 Å². The first-order valence-corrected chi connectivity index (χ1v) is 7.34. The molecule has 1 rings (SSSR count). The standard InChI is InChI=1S/C9H13NO4S2/c1-6(9(11)12)4-16(13,14)5-8-10-7(2)3-15-8/h3,6H,4-5H2,1-2H3,(H,11,12). The molecule has 0 radical (unpaired) electrons. The number of nitrogens with zero attached hydrogens (tertiary/aromatic N) is 1. The van der Waals surface area contributed by atoms with Crippen molar-refractivity contribution >= 4 is 27.1 Å². The fourth-order valence-electron chi connectivity index (χ4n) is 1.17. The van der Waals surface area contributed by atoms with E-state index in [2.05, 4.69) is 4.98 Å². The lowest BCUT2D eigenvalue weighted by Crippen LogP contribution is -2.22. The van der Waals surface area contributed by atoms with Gasteiger partial charge in [-0.2, -0.15) is 0 Å². The highest BCUT2D eigenvalue weighted by atomic mass is 32.2. The Hall–Kier alpha value is -0.950. The van der Waals surface area contributed by atoms with E-state index in [9.17, 15) is 13.2 Å². The van der Waals surface area contributed by atoms with Crippen LogP contribution in [0, 0.1) is 12.8 Å². The number of carbonyl (C=O) groups is 1. The molecule has 7 heteroatoms. The number of aliphatic carboxylic acids is 1. The summed E-state index contributed by atoms with van der Waals surface area (Å²) >= 11 is 1.27. The molecule has 0 aliphatic heterocycles. The van der Waals surface area contributed by atoms with Crippen molar-refractivity contribution in [1.82, 2.24) is 4.98 Å². The second-order valence-electron chi connectivity index (χ2n) is 3.68. The molecule has 1 atom stereocenters. The fraction of sp³-hybridized carbons (Fsp3) is 0.556. The number of sulfone groups is 1. The summed E-state index contributed by atoms with van der Waals surface area (Å²) < 4.78 is 23.3. The van der Waals surface area contributed by atoms with Gasteiger partial charge in [-0.15, -0.1) is 11.3 Å². The number of rotatable bonds is 5. The van der Waals surface area contributed by atoms with Gasteiger partial charge in [-0.05, 0) is 6.92 Å². The summed E-state index contributed by atoms with van der Waals surface area (Å²) in [6.07, 6.45) is 0. The quantitative estimate of drug-likeness (QED) is 0.859. The molecule has 90 valence electrons. The largest absolute Gasteiger partial charge is 0.481 e.